The number of piperazine rings is 1. The minimum absolute atomic E-state index is 0.0274. The Bertz CT molecular complexity index is 974. The molecule has 0 aromatic carbocycles. The second-order valence-corrected chi connectivity index (χ2v) is 6.59. The van der Waals surface area contributed by atoms with E-state index in [0.717, 1.165) is 11.4 Å². The zero-order chi connectivity index (χ0) is 19.5. The summed E-state index contributed by atoms with van der Waals surface area (Å²) >= 11 is 5.89. The van der Waals surface area contributed by atoms with E-state index >= 15 is 0 Å². The maximum atomic E-state index is 11.5. The van der Waals surface area contributed by atoms with Gasteiger partial charge >= 0.3 is 0 Å². The number of nitrogens with one attached hydrogen (secondary N) is 1. The van der Waals surface area contributed by atoms with Crippen molar-refractivity contribution in [2.24, 2.45) is 0 Å². The van der Waals surface area contributed by atoms with Crippen LogP contribution in [0.5, 0.6) is 5.88 Å². The van der Waals surface area contributed by atoms with Crippen molar-refractivity contribution < 1.29 is 9.53 Å². The van der Waals surface area contributed by atoms with E-state index in [-0.39, 0.29) is 19.1 Å². The van der Waals surface area contributed by atoms with Gasteiger partial charge in [-0.3, -0.25) is 4.79 Å². The minimum Gasteiger partial charge on any atom is -0.470 e. The average Bonchev–Trinajstić information content (AvgIpc) is 3.08. The van der Waals surface area contributed by atoms with Crippen LogP contribution in [0.15, 0.2) is 30.5 Å². The van der Waals surface area contributed by atoms with E-state index in [0.29, 0.717) is 35.6 Å². The van der Waals surface area contributed by atoms with Gasteiger partial charge in [0.1, 0.15) is 12.3 Å². The van der Waals surface area contributed by atoms with E-state index in [2.05, 4.69) is 30.8 Å². The summed E-state index contributed by atoms with van der Waals surface area (Å²) < 4.78 is 7.35. The smallest absolute Gasteiger partial charge is 0.239 e. The Morgan fingerprint density at radius 1 is 1.18 bits per heavy atom. The molecule has 3 aromatic rings. The number of nitrogens with zero attached hydrogens (tertiary/aromatic N) is 7. The van der Waals surface area contributed by atoms with Gasteiger partial charge in [-0.15, -0.1) is 15.3 Å². The number of pyridine rings is 1. The van der Waals surface area contributed by atoms with Crippen molar-refractivity contribution in [3.05, 3.63) is 46.9 Å². The van der Waals surface area contributed by atoms with Crippen LogP contribution >= 0.6 is 11.6 Å². The molecule has 0 saturated carbocycles. The fourth-order valence-electron chi connectivity index (χ4n) is 2.75. The predicted octanol–water partition coefficient (Wildman–Crippen LogP) is 0.929. The highest BCUT2D eigenvalue weighted by Crippen LogP contribution is 2.17. The average molecular weight is 401 g/mol. The van der Waals surface area contributed by atoms with E-state index in [9.17, 15) is 4.79 Å². The van der Waals surface area contributed by atoms with Crippen LogP contribution in [0.4, 0.5) is 5.82 Å². The number of aryl methyl sites for hydroxylation is 1. The van der Waals surface area contributed by atoms with E-state index in [4.69, 9.17) is 16.3 Å². The maximum Gasteiger partial charge on any atom is 0.239 e. The Labute approximate surface area is 165 Å². The molecular weight excluding hydrogens is 384 g/mol. The van der Waals surface area contributed by atoms with Crippen LogP contribution in [0.3, 0.4) is 0 Å². The Morgan fingerprint density at radius 2 is 2.04 bits per heavy atom. The lowest BCUT2D eigenvalue weighted by atomic mass is 10.3. The number of halogens is 1. The molecule has 0 radical (unpaired) electrons. The topological polar surface area (TPSA) is 111 Å². The first-order valence-corrected chi connectivity index (χ1v) is 8.99. The molecule has 0 spiro atoms. The molecule has 4 rings (SSSR count). The first-order valence-electron chi connectivity index (χ1n) is 8.61. The number of rotatable bonds is 5. The van der Waals surface area contributed by atoms with Gasteiger partial charge in [0.15, 0.2) is 11.6 Å². The number of anilines is 1. The molecule has 0 unspecified atom stereocenters. The quantitative estimate of drug-likeness (QED) is 0.673. The molecule has 10 nitrogen and oxygen atoms in total. The van der Waals surface area contributed by atoms with Gasteiger partial charge in [-0.25, -0.2) is 4.98 Å². The second-order valence-electron chi connectivity index (χ2n) is 6.16. The van der Waals surface area contributed by atoms with Gasteiger partial charge in [0.2, 0.25) is 11.8 Å². The first kappa shape index (κ1) is 18.1. The lowest BCUT2D eigenvalue weighted by Crippen LogP contribution is -2.48. The van der Waals surface area contributed by atoms with Crippen LogP contribution in [-0.4, -0.2) is 55.7 Å². The fourth-order valence-corrected chi connectivity index (χ4v) is 2.87. The molecule has 1 aliphatic heterocycles. The number of hydrogen-bond donors (Lipinski definition) is 1. The zero-order valence-corrected chi connectivity index (χ0v) is 15.8. The van der Waals surface area contributed by atoms with E-state index in [1.807, 2.05) is 11.8 Å². The van der Waals surface area contributed by atoms with Crippen LogP contribution in [0.25, 0.3) is 5.82 Å². The summed E-state index contributed by atoms with van der Waals surface area (Å²) in [5, 5.41) is 19.8. The van der Waals surface area contributed by atoms with Crippen LogP contribution in [0, 0.1) is 6.92 Å². The van der Waals surface area contributed by atoms with Crippen LogP contribution in [-0.2, 0) is 11.4 Å². The number of hydrogen-bond acceptors (Lipinski definition) is 8. The van der Waals surface area contributed by atoms with Gasteiger partial charge < -0.3 is 15.0 Å². The summed E-state index contributed by atoms with van der Waals surface area (Å²) in [5.41, 5.74) is 1.47. The van der Waals surface area contributed by atoms with Crippen LogP contribution in [0.1, 0.15) is 11.4 Å². The number of ether oxygens (including phenoxy) is 1. The molecule has 0 aliphatic carbocycles. The van der Waals surface area contributed by atoms with Crippen molar-refractivity contribution in [1.29, 1.82) is 0 Å². The minimum atomic E-state index is -0.0274. The SMILES string of the molecule is Cc1nnn(-c2ccc(Cl)cn2)c1COc1ccc(N2CCNC(=O)C2)nn1. The predicted molar refractivity (Wildman–Crippen MR) is 100 cm³/mol. The molecule has 4 heterocycles. The lowest BCUT2D eigenvalue weighted by molar-refractivity contribution is -0.120. The molecule has 11 heteroatoms. The second kappa shape index (κ2) is 7.77. The van der Waals surface area contributed by atoms with Crippen molar-refractivity contribution in [1.82, 2.24) is 35.5 Å². The first-order chi connectivity index (χ1) is 13.6. The molecule has 144 valence electrons. The molecule has 0 atom stereocenters. The van der Waals surface area contributed by atoms with Crippen LogP contribution in [0.2, 0.25) is 5.02 Å². The largest absolute Gasteiger partial charge is 0.470 e. The molecule has 1 aliphatic rings. The van der Waals surface area contributed by atoms with Crippen molar-refractivity contribution in [2.75, 3.05) is 24.5 Å². The Kier molecular flexibility index (Phi) is 5.02. The van der Waals surface area contributed by atoms with Gasteiger partial charge in [0.25, 0.3) is 0 Å². The van der Waals surface area contributed by atoms with E-state index in [1.54, 1.807) is 35.1 Å². The third-order valence-electron chi connectivity index (χ3n) is 4.23. The van der Waals surface area contributed by atoms with Gasteiger partial charge in [-0.2, -0.15) is 4.68 Å². The van der Waals surface area contributed by atoms with Crippen molar-refractivity contribution in [2.45, 2.75) is 13.5 Å². The molecule has 28 heavy (non-hydrogen) atoms. The van der Waals surface area contributed by atoms with Crippen molar-refractivity contribution in [3.8, 4) is 11.7 Å². The number of aromatic nitrogens is 6. The number of amides is 1. The zero-order valence-electron chi connectivity index (χ0n) is 15.0. The van der Waals surface area contributed by atoms with Crippen LogP contribution < -0.4 is 15.0 Å². The van der Waals surface area contributed by atoms with Crippen molar-refractivity contribution >= 4 is 23.3 Å². The fraction of sp³-hybridized carbons (Fsp3) is 0.294. The number of carbonyl (C=O) groups is 1. The van der Waals surface area contributed by atoms with Gasteiger partial charge in [-0.05, 0) is 25.1 Å². The third-order valence-corrected chi connectivity index (χ3v) is 4.45. The highest BCUT2D eigenvalue weighted by atomic mass is 35.5. The summed E-state index contributed by atoms with van der Waals surface area (Å²) in [6.07, 6.45) is 1.55. The molecule has 0 bridgehead atoms. The van der Waals surface area contributed by atoms with Crippen molar-refractivity contribution in [3.63, 3.8) is 0 Å². The third kappa shape index (κ3) is 3.86. The summed E-state index contributed by atoms with van der Waals surface area (Å²) in [5.74, 6) is 1.56. The van der Waals surface area contributed by atoms with Gasteiger partial charge in [0.05, 0.1) is 17.3 Å². The molecule has 3 aromatic heterocycles. The Morgan fingerprint density at radius 3 is 2.75 bits per heavy atom. The Hall–Kier alpha value is -3.27. The lowest BCUT2D eigenvalue weighted by Gasteiger charge is -2.26. The summed E-state index contributed by atoms with van der Waals surface area (Å²) in [6, 6.07) is 6.99. The van der Waals surface area contributed by atoms with E-state index < -0.39 is 0 Å². The monoisotopic (exact) mass is 400 g/mol. The Balaban J connectivity index is 1.45. The summed E-state index contributed by atoms with van der Waals surface area (Å²) in [4.78, 5) is 17.6. The van der Waals surface area contributed by atoms with E-state index in [1.165, 1.54) is 0 Å². The molecule has 1 N–H and O–H groups in total. The molecule has 1 saturated heterocycles. The maximum absolute atomic E-state index is 11.5. The standard InChI is InChI=1S/C17H17ClN8O2/c1-11-13(26(24-21-11)14-3-2-12(18)8-20-14)10-28-17-5-4-15(22-23-17)25-7-6-19-16(27)9-25/h2-5,8H,6-7,9-10H2,1H3,(H,19,27). The molecule has 1 fully saturated rings. The van der Waals surface area contributed by atoms with Gasteiger partial charge in [0, 0.05) is 25.4 Å². The highest BCUT2D eigenvalue weighted by Gasteiger charge is 2.18. The summed E-state index contributed by atoms with van der Waals surface area (Å²) in [7, 11) is 0. The normalized spacial score (nSPS) is 14.1. The highest BCUT2D eigenvalue weighted by molar-refractivity contribution is 6.30. The summed E-state index contributed by atoms with van der Waals surface area (Å²) in [6.45, 7) is 3.59. The molecular formula is C17H17ClN8O2. The van der Waals surface area contributed by atoms with Gasteiger partial charge in [-0.1, -0.05) is 16.8 Å². The molecule has 1 amide bonds. The number of carbonyl (C=O) groups excluding carboxylic acids is 1.